The minimum absolute atomic E-state index is 0.0374. The zero-order chi connectivity index (χ0) is 14.9. The van der Waals surface area contributed by atoms with Crippen LogP contribution < -0.4 is 4.74 Å². The van der Waals surface area contributed by atoms with Crippen molar-refractivity contribution in [3.63, 3.8) is 0 Å². The highest BCUT2D eigenvalue weighted by Gasteiger charge is 2.25. The van der Waals surface area contributed by atoms with Crippen molar-refractivity contribution < 1.29 is 23.6 Å². The highest BCUT2D eigenvalue weighted by molar-refractivity contribution is 5.96. The molecule has 2 aromatic rings. The van der Waals surface area contributed by atoms with Gasteiger partial charge in [-0.15, -0.1) is 0 Å². The third kappa shape index (κ3) is 2.36. The number of ether oxygens (including phenoxy) is 1. The van der Waals surface area contributed by atoms with E-state index in [1.807, 2.05) is 0 Å². The topological polar surface area (TPSA) is 72.6 Å². The number of halogens is 1. The van der Waals surface area contributed by atoms with E-state index in [-0.39, 0.29) is 28.7 Å². The maximum absolute atomic E-state index is 13.7. The molecule has 1 heterocycles. The molecule has 0 aliphatic rings. The quantitative estimate of drug-likeness (QED) is 0.929. The van der Waals surface area contributed by atoms with Gasteiger partial charge in [-0.1, -0.05) is 19.0 Å². The summed E-state index contributed by atoms with van der Waals surface area (Å²) in [5.41, 5.74) is 0.406. The van der Waals surface area contributed by atoms with Gasteiger partial charge in [0.15, 0.2) is 17.3 Å². The highest BCUT2D eigenvalue weighted by atomic mass is 19.1. The Balaban J connectivity index is 2.58. The van der Waals surface area contributed by atoms with E-state index in [1.54, 1.807) is 13.8 Å². The van der Waals surface area contributed by atoms with Gasteiger partial charge in [-0.05, 0) is 18.2 Å². The van der Waals surface area contributed by atoms with Crippen molar-refractivity contribution in [2.24, 2.45) is 0 Å². The van der Waals surface area contributed by atoms with E-state index in [0.29, 0.717) is 5.56 Å². The minimum Gasteiger partial charge on any atom is -0.494 e. The number of carbonyl (C=O) groups is 1. The van der Waals surface area contributed by atoms with E-state index in [2.05, 4.69) is 5.16 Å². The number of methoxy groups -OCH3 is 1. The Kier molecular flexibility index (Phi) is 3.74. The van der Waals surface area contributed by atoms with Crippen LogP contribution in [0.3, 0.4) is 0 Å². The van der Waals surface area contributed by atoms with E-state index in [0.717, 1.165) is 0 Å². The van der Waals surface area contributed by atoms with Crippen molar-refractivity contribution in [1.82, 2.24) is 5.16 Å². The van der Waals surface area contributed by atoms with Crippen LogP contribution >= 0.6 is 0 Å². The average Bonchev–Trinajstić information content (AvgIpc) is 2.83. The molecule has 0 radical (unpaired) electrons. The molecular formula is C14H14FNO4. The van der Waals surface area contributed by atoms with Crippen LogP contribution in [0.5, 0.6) is 5.75 Å². The summed E-state index contributed by atoms with van der Waals surface area (Å²) in [5.74, 6) is -1.52. The third-order valence-electron chi connectivity index (χ3n) is 2.88. The number of rotatable bonds is 4. The summed E-state index contributed by atoms with van der Waals surface area (Å²) in [6.45, 7) is 3.59. The molecule has 0 unspecified atom stereocenters. The van der Waals surface area contributed by atoms with Gasteiger partial charge in [-0.25, -0.2) is 9.18 Å². The molecule has 5 nitrogen and oxygen atoms in total. The summed E-state index contributed by atoms with van der Waals surface area (Å²) in [7, 11) is 1.35. The lowest BCUT2D eigenvalue weighted by Crippen LogP contribution is -2.02. The second-order valence-corrected chi connectivity index (χ2v) is 4.58. The first-order chi connectivity index (χ1) is 9.45. The Morgan fingerprint density at radius 2 is 2.15 bits per heavy atom. The monoisotopic (exact) mass is 279 g/mol. The minimum atomic E-state index is -1.15. The van der Waals surface area contributed by atoms with Crippen molar-refractivity contribution in [2.75, 3.05) is 7.11 Å². The zero-order valence-corrected chi connectivity index (χ0v) is 11.3. The van der Waals surface area contributed by atoms with Gasteiger partial charge in [0.25, 0.3) is 0 Å². The summed E-state index contributed by atoms with van der Waals surface area (Å²) < 4.78 is 23.6. The zero-order valence-electron chi connectivity index (χ0n) is 11.3. The molecule has 6 heteroatoms. The van der Waals surface area contributed by atoms with E-state index < -0.39 is 11.8 Å². The molecule has 1 aromatic heterocycles. The molecule has 0 aliphatic heterocycles. The Morgan fingerprint density at radius 1 is 1.45 bits per heavy atom. The Morgan fingerprint density at radius 3 is 2.65 bits per heavy atom. The molecule has 20 heavy (non-hydrogen) atoms. The van der Waals surface area contributed by atoms with Crippen molar-refractivity contribution in [1.29, 1.82) is 0 Å². The summed E-state index contributed by atoms with van der Waals surface area (Å²) in [6, 6.07) is 4.13. The maximum atomic E-state index is 13.7. The predicted octanol–water partition coefficient (Wildman–Crippen LogP) is 3.31. The number of carboxylic acid groups (broad SMARTS) is 1. The molecule has 0 saturated carbocycles. The Bertz CT molecular complexity index is 649. The smallest absolute Gasteiger partial charge is 0.341 e. The van der Waals surface area contributed by atoms with Crippen LogP contribution in [-0.4, -0.2) is 23.3 Å². The van der Waals surface area contributed by atoms with Crippen molar-refractivity contribution >= 4 is 5.97 Å². The number of benzene rings is 1. The predicted molar refractivity (Wildman–Crippen MR) is 69.5 cm³/mol. The normalized spacial score (nSPS) is 10.8. The second-order valence-electron chi connectivity index (χ2n) is 4.58. The second kappa shape index (κ2) is 5.32. The fraction of sp³-hybridized carbons (Fsp3) is 0.286. The van der Waals surface area contributed by atoms with Crippen LogP contribution in [0.25, 0.3) is 11.3 Å². The number of aromatic carboxylic acids is 1. The van der Waals surface area contributed by atoms with Crippen LogP contribution in [0.2, 0.25) is 0 Å². The van der Waals surface area contributed by atoms with Gasteiger partial charge in [0, 0.05) is 11.5 Å². The van der Waals surface area contributed by atoms with Crippen molar-refractivity contribution in [2.45, 2.75) is 19.8 Å². The molecule has 0 bridgehead atoms. The fourth-order valence-corrected chi connectivity index (χ4v) is 1.91. The third-order valence-corrected chi connectivity index (χ3v) is 2.88. The Hall–Kier alpha value is -2.37. The van der Waals surface area contributed by atoms with Gasteiger partial charge in [-0.3, -0.25) is 0 Å². The standard InChI is InChI=1S/C14H14FNO4/c1-7(2)13-11(14(17)18)12(16-20-13)8-4-5-10(19-3)9(15)6-8/h4-7H,1-3H3,(H,17,18). The average molecular weight is 279 g/mol. The Labute approximate surface area is 115 Å². The number of hydrogen-bond donors (Lipinski definition) is 1. The first kappa shape index (κ1) is 14.0. The molecule has 1 aromatic carbocycles. The highest BCUT2D eigenvalue weighted by Crippen LogP contribution is 2.31. The molecule has 0 amide bonds. The van der Waals surface area contributed by atoms with E-state index in [9.17, 15) is 14.3 Å². The van der Waals surface area contributed by atoms with E-state index in [1.165, 1.54) is 25.3 Å². The molecule has 0 spiro atoms. The number of hydrogen-bond acceptors (Lipinski definition) is 4. The van der Waals surface area contributed by atoms with Gasteiger partial charge in [0.2, 0.25) is 0 Å². The SMILES string of the molecule is COc1ccc(-c2noc(C(C)C)c2C(=O)O)cc1F. The number of aromatic nitrogens is 1. The van der Waals surface area contributed by atoms with Gasteiger partial charge >= 0.3 is 5.97 Å². The van der Waals surface area contributed by atoms with Crippen molar-refractivity contribution in [3.8, 4) is 17.0 Å². The van der Waals surface area contributed by atoms with Gasteiger partial charge in [0.05, 0.1) is 7.11 Å². The van der Waals surface area contributed by atoms with Crippen LogP contribution in [0.15, 0.2) is 22.7 Å². The molecule has 0 fully saturated rings. The molecule has 1 N–H and O–H groups in total. The van der Waals surface area contributed by atoms with Crippen molar-refractivity contribution in [3.05, 3.63) is 35.3 Å². The summed E-state index contributed by atoms with van der Waals surface area (Å²) in [6.07, 6.45) is 0. The van der Waals surface area contributed by atoms with Crippen LogP contribution in [0, 0.1) is 5.82 Å². The lowest BCUT2D eigenvalue weighted by Gasteiger charge is -2.04. The number of carboxylic acids is 1. The molecule has 0 saturated heterocycles. The van der Waals surface area contributed by atoms with Gasteiger partial charge in [0.1, 0.15) is 11.3 Å². The van der Waals surface area contributed by atoms with Gasteiger partial charge in [-0.2, -0.15) is 0 Å². The molecule has 0 aliphatic carbocycles. The van der Waals surface area contributed by atoms with Crippen LogP contribution in [0.1, 0.15) is 35.9 Å². The summed E-state index contributed by atoms with van der Waals surface area (Å²) in [4.78, 5) is 11.4. The molecule has 2 rings (SSSR count). The largest absolute Gasteiger partial charge is 0.494 e. The molecular weight excluding hydrogens is 265 g/mol. The van der Waals surface area contributed by atoms with E-state index in [4.69, 9.17) is 9.26 Å². The lowest BCUT2D eigenvalue weighted by atomic mass is 10.0. The first-order valence-corrected chi connectivity index (χ1v) is 6.02. The molecule has 0 atom stereocenters. The first-order valence-electron chi connectivity index (χ1n) is 6.02. The number of nitrogens with zero attached hydrogens (tertiary/aromatic N) is 1. The maximum Gasteiger partial charge on any atom is 0.341 e. The molecule has 106 valence electrons. The lowest BCUT2D eigenvalue weighted by molar-refractivity contribution is 0.0694. The van der Waals surface area contributed by atoms with Crippen LogP contribution in [-0.2, 0) is 0 Å². The van der Waals surface area contributed by atoms with Gasteiger partial charge < -0.3 is 14.4 Å². The summed E-state index contributed by atoms with van der Waals surface area (Å²) >= 11 is 0. The van der Waals surface area contributed by atoms with E-state index >= 15 is 0 Å². The fourth-order valence-electron chi connectivity index (χ4n) is 1.91. The van der Waals surface area contributed by atoms with Crippen LogP contribution in [0.4, 0.5) is 4.39 Å². The summed E-state index contributed by atoms with van der Waals surface area (Å²) in [5, 5.41) is 13.1.